The number of hydrogen-bond acceptors (Lipinski definition) is 4. The first-order chi connectivity index (χ1) is 9.72. The fourth-order valence-electron chi connectivity index (χ4n) is 1.78. The van der Waals surface area contributed by atoms with Gasteiger partial charge in [0, 0.05) is 11.3 Å². The maximum absolute atomic E-state index is 12.1. The Morgan fingerprint density at radius 3 is 2.80 bits per heavy atom. The highest BCUT2D eigenvalue weighted by Gasteiger charge is 2.06. The maximum Gasteiger partial charge on any atom is 0.181 e. The highest BCUT2D eigenvalue weighted by Crippen LogP contribution is 2.14. The summed E-state index contributed by atoms with van der Waals surface area (Å²) in [7, 11) is 1.56. The molecule has 0 heterocycles. The number of ketones is 1. The number of methoxy groups -OCH3 is 1. The Labute approximate surface area is 117 Å². The summed E-state index contributed by atoms with van der Waals surface area (Å²) in [5.74, 6) is 0.619. The van der Waals surface area contributed by atoms with Gasteiger partial charge in [-0.05, 0) is 30.3 Å². The Balaban J connectivity index is 2.03. The number of rotatable bonds is 5. The van der Waals surface area contributed by atoms with E-state index >= 15 is 0 Å². The first-order valence-electron chi connectivity index (χ1n) is 6.14. The number of carbonyl (C=O) groups excluding carboxylic acids is 1. The third kappa shape index (κ3) is 3.36. The first kappa shape index (κ1) is 13.6. The van der Waals surface area contributed by atoms with E-state index in [0.29, 0.717) is 16.9 Å². The molecule has 0 unspecified atom stereocenters. The van der Waals surface area contributed by atoms with Crippen molar-refractivity contribution in [3.63, 3.8) is 0 Å². The van der Waals surface area contributed by atoms with Crippen LogP contribution in [-0.2, 0) is 0 Å². The van der Waals surface area contributed by atoms with Crippen molar-refractivity contribution in [1.82, 2.24) is 0 Å². The van der Waals surface area contributed by atoms with Gasteiger partial charge in [-0.2, -0.15) is 5.26 Å². The SMILES string of the molecule is COc1cccc(C(=O)CNc2cccc(C#N)c2)c1. The number of nitrogens with one attached hydrogen (secondary N) is 1. The molecule has 4 heteroatoms. The molecule has 0 aliphatic heterocycles. The van der Waals surface area contributed by atoms with Gasteiger partial charge in [0.15, 0.2) is 5.78 Å². The monoisotopic (exact) mass is 266 g/mol. The van der Waals surface area contributed by atoms with Crippen LogP contribution in [0.2, 0.25) is 0 Å². The van der Waals surface area contributed by atoms with E-state index in [4.69, 9.17) is 10.00 Å². The van der Waals surface area contributed by atoms with Gasteiger partial charge in [0.25, 0.3) is 0 Å². The Morgan fingerprint density at radius 1 is 1.25 bits per heavy atom. The predicted molar refractivity (Wildman–Crippen MR) is 77.0 cm³/mol. The van der Waals surface area contributed by atoms with Gasteiger partial charge in [-0.3, -0.25) is 4.79 Å². The standard InChI is InChI=1S/C16H14N2O2/c1-20-15-7-3-5-13(9-15)16(19)11-18-14-6-2-4-12(8-14)10-17/h2-9,18H,11H2,1H3. The third-order valence-electron chi connectivity index (χ3n) is 2.84. The molecular weight excluding hydrogens is 252 g/mol. The summed E-state index contributed by atoms with van der Waals surface area (Å²) in [5, 5.41) is 11.8. The van der Waals surface area contributed by atoms with Crippen molar-refractivity contribution in [1.29, 1.82) is 5.26 Å². The lowest BCUT2D eigenvalue weighted by Crippen LogP contribution is -2.14. The van der Waals surface area contributed by atoms with E-state index in [1.165, 1.54) is 0 Å². The van der Waals surface area contributed by atoms with Gasteiger partial charge in [-0.15, -0.1) is 0 Å². The summed E-state index contributed by atoms with van der Waals surface area (Å²) in [6.07, 6.45) is 0. The van der Waals surface area contributed by atoms with Gasteiger partial charge in [-0.1, -0.05) is 18.2 Å². The minimum Gasteiger partial charge on any atom is -0.497 e. The van der Waals surface area contributed by atoms with Crippen LogP contribution in [0.4, 0.5) is 5.69 Å². The summed E-state index contributed by atoms with van der Waals surface area (Å²) in [6, 6.07) is 16.1. The number of benzene rings is 2. The second-order valence-electron chi connectivity index (χ2n) is 4.20. The zero-order chi connectivity index (χ0) is 14.4. The highest BCUT2D eigenvalue weighted by molar-refractivity contribution is 5.99. The molecule has 4 nitrogen and oxygen atoms in total. The highest BCUT2D eigenvalue weighted by atomic mass is 16.5. The minimum atomic E-state index is -0.0359. The number of nitriles is 1. The summed E-state index contributed by atoms with van der Waals surface area (Å²) in [6.45, 7) is 0.169. The molecule has 2 aromatic rings. The smallest absolute Gasteiger partial charge is 0.181 e. The van der Waals surface area contributed by atoms with E-state index < -0.39 is 0 Å². The van der Waals surface area contributed by atoms with Gasteiger partial charge in [0.05, 0.1) is 25.3 Å². The lowest BCUT2D eigenvalue weighted by Gasteiger charge is -2.07. The van der Waals surface area contributed by atoms with Crippen molar-refractivity contribution in [3.8, 4) is 11.8 Å². The van der Waals surface area contributed by atoms with E-state index in [1.807, 2.05) is 6.07 Å². The average molecular weight is 266 g/mol. The van der Waals surface area contributed by atoms with Crippen molar-refractivity contribution in [2.45, 2.75) is 0 Å². The van der Waals surface area contributed by atoms with Crippen molar-refractivity contribution < 1.29 is 9.53 Å². The van der Waals surface area contributed by atoms with Crippen molar-refractivity contribution in [3.05, 3.63) is 59.7 Å². The van der Waals surface area contributed by atoms with E-state index in [0.717, 1.165) is 5.69 Å². The number of hydrogen-bond donors (Lipinski definition) is 1. The summed E-state index contributed by atoms with van der Waals surface area (Å²) in [5.41, 5.74) is 1.90. The van der Waals surface area contributed by atoms with Crippen molar-refractivity contribution in [2.24, 2.45) is 0 Å². The molecule has 0 saturated heterocycles. The van der Waals surface area contributed by atoms with Crippen LogP contribution in [0.25, 0.3) is 0 Å². The summed E-state index contributed by atoms with van der Waals surface area (Å²) < 4.78 is 5.09. The average Bonchev–Trinajstić information content (AvgIpc) is 2.52. The molecule has 0 amide bonds. The van der Waals surface area contributed by atoms with Gasteiger partial charge in [-0.25, -0.2) is 0 Å². The lowest BCUT2D eigenvalue weighted by atomic mass is 10.1. The molecule has 0 spiro atoms. The fraction of sp³-hybridized carbons (Fsp3) is 0.125. The lowest BCUT2D eigenvalue weighted by molar-refractivity contribution is 0.101. The zero-order valence-electron chi connectivity index (χ0n) is 11.1. The number of Topliss-reactive ketones (excluding diaryl/α,β-unsaturated/α-hetero) is 1. The van der Waals surface area contributed by atoms with Crippen LogP contribution in [0.1, 0.15) is 15.9 Å². The number of carbonyl (C=O) groups is 1. The van der Waals surface area contributed by atoms with Crippen LogP contribution in [0, 0.1) is 11.3 Å². The van der Waals surface area contributed by atoms with Gasteiger partial charge in [0.2, 0.25) is 0 Å². The summed E-state index contributed by atoms with van der Waals surface area (Å²) in [4.78, 5) is 12.1. The van der Waals surface area contributed by atoms with Crippen LogP contribution in [0.15, 0.2) is 48.5 Å². The quantitative estimate of drug-likeness (QED) is 0.845. The molecule has 0 radical (unpaired) electrons. The summed E-state index contributed by atoms with van der Waals surface area (Å²) >= 11 is 0. The third-order valence-corrected chi connectivity index (χ3v) is 2.84. The normalized spacial score (nSPS) is 9.60. The molecule has 0 aliphatic rings. The van der Waals surface area contributed by atoms with Crippen LogP contribution in [-0.4, -0.2) is 19.4 Å². The Morgan fingerprint density at radius 2 is 2.05 bits per heavy atom. The molecule has 1 N–H and O–H groups in total. The fourth-order valence-corrected chi connectivity index (χ4v) is 1.78. The molecule has 100 valence electrons. The maximum atomic E-state index is 12.1. The molecule has 20 heavy (non-hydrogen) atoms. The number of anilines is 1. The van der Waals surface area contributed by atoms with E-state index in [-0.39, 0.29) is 12.3 Å². The molecule has 0 bridgehead atoms. The first-order valence-corrected chi connectivity index (χ1v) is 6.14. The van der Waals surface area contributed by atoms with Crippen LogP contribution in [0.5, 0.6) is 5.75 Å². The Kier molecular flexibility index (Phi) is 4.35. The van der Waals surface area contributed by atoms with E-state index in [9.17, 15) is 4.79 Å². The van der Waals surface area contributed by atoms with Crippen LogP contribution < -0.4 is 10.1 Å². The molecule has 2 aromatic carbocycles. The second-order valence-corrected chi connectivity index (χ2v) is 4.20. The molecule has 0 fully saturated rings. The van der Waals surface area contributed by atoms with Crippen LogP contribution in [0.3, 0.4) is 0 Å². The largest absolute Gasteiger partial charge is 0.497 e. The van der Waals surface area contributed by atoms with Gasteiger partial charge in [0.1, 0.15) is 5.75 Å². The van der Waals surface area contributed by atoms with Crippen molar-refractivity contribution >= 4 is 11.5 Å². The molecular formula is C16H14N2O2. The van der Waals surface area contributed by atoms with Crippen LogP contribution >= 0.6 is 0 Å². The molecule has 0 aliphatic carbocycles. The predicted octanol–water partition coefficient (Wildman–Crippen LogP) is 2.86. The number of ether oxygens (including phenoxy) is 1. The van der Waals surface area contributed by atoms with Crippen molar-refractivity contribution in [2.75, 3.05) is 19.0 Å². The van der Waals surface area contributed by atoms with Gasteiger partial charge < -0.3 is 10.1 Å². The Bertz CT molecular complexity index is 660. The second kappa shape index (κ2) is 6.39. The Hall–Kier alpha value is -2.80. The molecule has 0 atom stereocenters. The van der Waals surface area contributed by atoms with E-state index in [2.05, 4.69) is 11.4 Å². The topological polar surface area (TPSA) is 62.1 Å². The van der Waals surface area contributed by atoms with Gasteiger partial charge >= 0.3 is 0 Å². The molecule has 0 saturated carbocycles. The minimum absolute atomic E-state index is 0.0359. The number of nitrogens with zero attached hydrogens (tertiary/aromatic N) is 1. The zero-order valence-corrected chi connectivity index (χ0v) is 11.1. The molecule has 2 rings (SSSR count). The van der Waals surface area contributed by atoms with E-state index in [1.54, 1.807) is 49.6 Å². The molecule has 0 aromatic heterocycles.